The number of anilines is 1. The van der Waals surface area contributed by atoms with Gasteiger partial charge >= 0.3 is 5.97 Å². The van der Waals surface area contributed by atoms with Crippen molar-refractivity contribution in [1.29, 1.82) is 0 Å². The summed E-state index contributed by atoms with van der Waals surface area (Å²) in [4.78, 5) is 31.0. The quantitative estimate of drug-likeness (QED) is 0.511. The van der Waals surface area contributed by atoms with Crippen LogP contribution in [-0.2, 0) is 9.59 Å². The molecule has 0 saturated carbocycles. The Balaban J connectivity index is 1.42. The van der Waals surface area contributed by atoms with Gasteiger partial charge in [-0.3, -0.25) is 14.6 Å². The van der Waals surface area contributed by atoms with Gasteiger partial charge in [-0.2, -0.15) is 0 Å². The number of hydrogen-bond donors (Lipinski definition) is 1. The van der Waals surface area contributed by atoms with E-state index in [-0.39, 0.29) is 30.7 Å². The maximum atomic E-state index is 13.6. The molecule has 0 spiro atoms. The third-order valence-corrected chi connectivity index (χ3v) is 6.67. The fraction of sp³-hybridized carbons (Fsp3) is 0.321. The summed E-state index contributed by atoms with van der Waals surface area (Å²) in [7, 11) is 0. The molecule has 8 nitrogen and oxygen atoms in total. The second-order valence-electron chi connectivity index (χ2n) is 9.34. The van der Waals surface area contributed by atoms with Crippen LogP contribution in [-0.4, -0.2) is 44.2 Å². The molecule has 37 heavy (non-hydrogen) atoms. The number of aromatic nitrogens is 3. The van der Waals surface area contributed by atoms with E-state index >= 15 is 0 Å². The highest BCUT2D eigenvalue weighted by atomic mass is 19.1. The molecule has 1 aliphatic heterocycles. The number of aliphatic imine (C=N–C) groups is 1. The fourth-order valence-electron chi connectivity index (χ4n) is 4.71. The summed E-state index contributed by atoms with van der Waals surface area (Å²) in [5.74, 6) is -1.40. The predicted molar refractivity (Wildman–Crippen MR) is 138 cm³/mol. The molecule has 1 aromatic carbocycles. The molecule has 1 amide bonds. The van der Waals surface area contributed by atoms with Crippen LogP contribution in [0.15, 0.2) is 77.1 Å². The lowest BCUT2D eigenvalue weighted by Gasteiger charge is -2.24. The van der Waals surface area contributed by atoms with Crippen molar-refractivity contribution >= 4 is 28.8 Å². The number of rotatable bonds is 8. The molecule has 9 heteroatoms. The minimum atomic E-state index is -0.833. The van der Waals surface area contributed by atoms with E-state index in [2.05, 4.69) is 28.5 Å². The maximum absolute atomic E-state index is 13.6. The van der Waals surface area contributed by atoms with Gasteiger partial charge in [-0.1, -0.05) is 29.5 Å². The van der Waals surface area contributed by atoms with Crippen molar-refractivity contribution in [3.05, 3.63) is 83.6 Å². The smallest absolute Gasteiger partial charge is 0.303 e. The van der Waals surface area contributed by atoms with Crippen molar-refractivity contribution in [3.8, 4) is 0 Å². The molecule has 190 valence electrons. The number of carboxylic acid groups (broad SMARTS) is 1. The topological polar surface area (TPSA) is 101 Å². The highest BCUT2D eigenvalue weighted by Gasteiger charge is 2.31. The van der Waals surface area contributed by atoms with Gasteiger partial charge in [0.1, 0.15) is 11.5 Å². The standard InChI is InChI=1S/C28H28FN5O3/c29-20-10-12-22(13-11-20)33-17-21(8-4-5-9-27(35)36)30-25-16-23(14-15-24(25)28(33)37)34-18-26(31-32-34)19-6-2-1-3-7-19/h2,6-7,10-13,15-16,18,23H,1,3-5,8-9,14,17H2,(H,35,36). The summed E-state index contributed by atoms with van der Waals surface area (Å²) >= 11 is 0. The van der Waals surface area contributed by atoms with E-state index in [1.165, 1.54) is 12.1 Å². The first-order valence-corrected chi connectivity index (χ1v) is 12.5. The van der Waals surface area contributed by atoms with Crippen LogP contribution in [0.4, 0.5) is 10.1 Å². The van der Waals surface area contributed by atoms with Crippen molar-refractivity contribution < 1.29 is 19.1 Å². The molecule has 0 fully saturated rings. The first kappa shape index (κ1) is 24.5. The average Bonchev–Trinajstić information content (AvgIpc) is 3.36. The highest BCUT2D eigenvalue weighted by Crippen LogP contribution is 2.33. The number of amides is 1. The monoisotopic (exact) mass is 501 g/mol. The zero-order chi connectivity index (χ0) is 25.8. The number of carbonyl (C=O) groups excluding carboxylic acids is 1. The zero-order valence-corrected chi connectivity index (χ0v) is 20.4. The van der Waals surface area contributed by atoms with E-state index in [9.17, 15) is 14.0 Å². The minimum absolute atomic E-state index is 0.0874. The van der Waals surface area contributed by atoms with Crippen LogP contribution in [0.1, 0.15) is 56.7 Å². The van der Waals surface area contributed by atoms with Gasteiger partial charge in [-0.15, -0.1) is 5.10 Å². The van der Waals surface area contributed by atoms with E-state index in [4.69, 9.17) is 10.1 Å². The fourth-order valence-corrected chi connectivity index (χ4v) is 4.71. The van der Waals surface area contributed by atoms with Gasteiger partial charge in [-0.05, 0) is 74.4 Å². The van der Waals surface area contributed by atoms with Gasteiger partial charge in [0, 0.05) is 17.8 Å². The predicted octanol–water partition coefficient (Wildman–Crippen LogP) is 5.04. The summed E-state index contributed by atoms with van der Waals surface area (Å²) in [5, 5.41) is 17.7. The largest absolute Gasteiger partial charge is 0.481 e. The first-order valence-electron chi connectivity index (χ1n) is 12.5. The molecule has 1 N–H and O–H groups in total. The molecule has 5 rings (SSSR count). The number of halogens is 1. The number of fused-ring (bicyclic) bond motifs is 1. The molecular formula is C28H28FN5O3. The summed E-state index contributed by atoms with van der Waals surface area (Å²) in [6, 6.07) is 5.69. The Hall–Kier alpha value is -4.14. The number of hydrogen-bond acceptors (Lipinski definition) is 5. The zero-order valence-electron chi connectivity index (χ0n) is 20.4. The van der Waals surface area contributed by atoms with Crippen molar-refractivity contribution in [2.75, 3.05) is 11.4 Å². The Bertz CT molecular complexity index is 1350. The normalized spacial score (nSPS) is 19.4. The summed E-state index contributed by atoms with van der Waals surface area (Å²) in [5.41, 5.74) is 4.30. The third kappa shape index (κ3) is 5.66. The van der Waals surface area contributed by atoms with Gasteiger partial charge in [0.2, 0.25) is 0 Å². The van der Waals surface area contributed by atoms with Crippen LogP contribution in [0.25, 0.3) is 5.57 Å². The van der Waals surface area contributed by atoms with Crippen LogP contribution >= 0.6 is 0 Å². The number of carbonyl (C=O) groups is 2. The number of allylic oxidation sites excluding steroid dienone is 6. The van der Waals surface area contributed by atoms with Crippen LogP contribution < -0.4 is 4.90 Å². The van der Waals surface area contributed by atoms with Crippen molar-refractivity contribution in [3.63, 3.8) is 0 Å². The highest BCUT2D eigenvalue weighted by molar-refractivity contribution is 6.13. The lowest BCUT2D eigenvalue weighted by molar-refractivity contribution is -0.137. The maximum Gasteiger partial charge on any atom is 0.303 e. The van der Waals surface area contributed by atoms with Crippen molar-refractivity contribution in [1.82, 2.24) is 15.0 Å². The molecule has 0 bridgehead atoms. The van der Waals surface area contributed by atoms with E-state index < -0.39 is 5.97 Å². The molecule has 1 unspecified atom stereocenters. The Morgan fingerprint density at radius 3 is 2.73 bits per heavy atom. The molecule has 2 aliphatic carbocycles. The minimum Gasteiger partial charge on any atom is -0.481 e. The van der Waals surface area contributed by atoms with Crippen LogP contribution in [0.2, 0.25) is 0 Å². The molecule has 2 heterocycles. The molecule has 2 aromatic rings. The summed E-state index contributed by atoms with van der Waals surface area (Å²) in [6.45, 7) is 0.255. The Morgan fingerprint density at radius 2 is 1.97 bits per heavy atom. The SMILES string of the molecule is O=C(O)CCCCC1=NC2=CC(n3cc(C4=CCCC=C4)nn3)CC=C2C(=O)N(c2ccc(F)cc2)C1. The Labute approximate surface area is 214 Å². The first-order chi connectivity index (χ1) is 18.0. The number of nitrogens with zero attached hydrogens (tertiary/aromatic N) is 5. The van der Waals surface area contributed by atoms with E-state index in [1.54, 1.807) is 21.7 Å². The molecule has 3 aliphatic rings. The molecule has 0 saturated heterocycles. The molecule has 1 aromatic heterocycles. The number of benzene rings is 1. The third-order valence-electron chi connectivity index (χ3n) is 6.67. The Morgan fingerprint density at radius 1 is 1.14 bits per heavy atom. The second kappa shape index (κ2) is 10.9. The lowest BCUT2D eigenvalue weighted by atomic mass is 9.98. The lowest BCUT2D eigenvalue weighted by Crippen LogP contribution is -2.35. The van der Waals surface area contributed by atoms with Gasteiger partial charge in [-0.25, -0.2) is 9.07 Å². The van der Waals surface area contributed by atoms with E-state index in [0.29, 0.717) is 42.6 Å². The average molecular weight is 502 g/mol. The summed E-state index contributed by atoms with van der Waals surface area (Å²) < 4.78 is 15.4. The molecular weight excluding hydrogens is 473 g/mol. The van der Waals surface area contributed by atoms with Crippen LogP contribution in [0.5, 0.6) is 0 Å². The van der Waals surface area contributed by atoms with Crippen LogP contribution in [0, 0.1) is 5.82 Å². The van der Waals surface area contributed by atoms with Crippen molar-refractivity contribution in [2.45, 2.75) is 51.0 Å². The molecule has 0 radical (unpaired) electrons. The van der Waals surface area contributed by atoms with E-state index in [0.717, 1.165) is 29.8 Å². The van der Waals surface area contributed by atoms with Gasteiger partial charge in [0.25, 0.3) is 5.91 Å². The van der Waals surface area contributed by atoms with Crippen molar-refractivity contribution in [2.24, 2.45) is 4.99 Å². The second-order valence-corrected chi connectivity index (χ2v) is 9.34. The number of aliphatic carboxylic acids is 1. The number of unbranched alkanes of at least 4 members (excludes halogenated alkanes) is 1. The molecule has 1 atom stereocenters. The van der Waals surface area contributed by atoms with Gasteiger partial charge in [0.05, 0.1) is 30.1 Å². The summed E-state index contributed by atoms with van der Waals surface area (Å²) in [6.07, 6.45) is 16.5. The van der Waals surface area contributed by atoms with Gasteiger partial charge in [0.15, 0.2) is 0 Å². The number of carboxylic acids is 1. The van der Waals surface area contributed by atoms with Gasteiger partial charge < -0.3 is 10.0 Å². The Kier molecular flexibility index (Phi) is 7.20. The van der Waals surface area contributed by atoms with Crippen LogP contribution in [0.3, 0.4) is 0 Å². The van der Waals surface area contributed by atoms with E-state index in [1.807, 2.05) is 18.3 Å².